The summed E-state index contributed by atoms with van der Waals surface area (Å²) in [4.78, 5) is 2.41. The van der Waals surface area contributed by atoms with E-state index in [1.54, 1.807) is 6.92 Å². The third kappa shape index (κ3) is 4.77. The van der Waals surface area contributed by atoms with Crippen molar-refractivity contribution in [2.45, 2.75) is 32.9 Å². The van der Waals surface area contributed by atoms with E-state index in [1.807, 2.05) is 42.5 Å². The molecule has 1 atom stereocenters. The second-order valence-electron chi connectivity index (χ2n) is 7.68. The molecule has 2 aromatic rings. The summed E-state index contributed by atoms with van der Waals surface area (Å²) in [6, 6.07) is 15.5. The molecule has 1 N–H and O–H groups in total. The molecule has 1 aliphatic heterocycles. The Hall–Kier alpha value is -2.04. The summed E-state index contributed by atoms with van der Waals surface area (Å²) in [6.45, 7) is 9.97. The maximum absolute atomic E-state index is 11.0. The van der Waals surface area contributed by atoms with Crippen molar-refractivity contribution in [1.82, 2.24) is 4.90 Å². The maximum Gasteiger partial charge on any atom is 0.123 e. The van der Waals surface area contributed by atoms with Crippen LogP contribution in [0.4, 0.5) is 0 Å². The number of nitrogens with zero attached hydrogens (tertiary/aromatic N) is 1. The summed E-state index contributed by atoms with van der Waals surface area (Å²) in [6.07, 6.45) is 0. The number of fused-ring (bicyclic) bond motifs is 1. The zero-order valence-corrected chi connectivity index (χ0v) is 15.9. The van der Waals surface area contributed by atoms with Crippen molar-refractivity contribution < 1.29 is 14.6 Å². The quantitative estimate of drug-likeness (QED) is 0.855. The van der Waals surface area contributed by atoms with Gasteiger partial charge in [-0.05, 0) is 42.7 Å². The van der Waals surface area contributed by atoms with E-state index in [4.69, 9.17) is 9.47 Å². The van der Waals surface area contributed by atoms with Crippen LogP contribution in [0.5, 0.6) is 11.5 Å². The molecule has 0 saturated heterocycles. The van der Waals surface area contributed by atoms with Crippen molar-refractivity contribution in [2.24, 2.45) is 5.92 Å². The molecule has 4 nitrogen and oxygen atoms in total. The number of hydrogen-bond acceptors (Lipinski definition) is 4. The van der Waals surface area contributed by atoms with E-state index >= 15 is 0 Å². The van der Waals surface area contributed by atoms with Gasteiger partial charge in [0, 0.05) is 25.2 Å². The summed E-state index contributed by atoms with van der Waals surface area (Å²) < 4.78 is 11.7. The van der Waals surface area contributed by atoms with Gasteiger partial charge < -0.3 is 14.6 Å². The van der Waals surface area contributed by atoms with Crippen molar-refractivity contribution in [1.29, 1.82) is 0 Å². The molecule has 1 heterocycles. The fourth-order valence-electron chi connectivity index (χ4n) is 3.28. The lowest BCUT2D eigenvalue weighted by atomic mass is 9.94. The minimum absolute atomic E-state index is 0.201. The van der Waals surface area contributed by atoms with E-state index in [0.717, 1.165) is 42.3 Å². The number of ether oxygens (including phenoxy) is 2. The van der Waals surface area contributed by atoms with Crippen molar-refractivity contribution in [3.8, 4) is 11.5 Å². The Labute approximate surface area is 156 Å². The minimum atomic E-state index is -1.07. The molecule has 0 fully saturated rings. The van der Waals surface area contributed by atoms with Crippen LogP contribution in [-0.4, -0.2) is 36.3 Å². The molecule has 4 heteroatoms. The Kier molecular flexibility index (Phi) is 5.84. The summed E-state index contributed by atoms with van der Waals surface area (Å²) >= 11 is 0. The maximum atomic E-state index is 11.0. The van der Waals surface area contributed by atoms with Gasteiger partial charge in [0.25, 0.3) is 0 Å². The van der Waals surface area contributed by atoms with E-state index in [1.165, 1.54) is 0 Å². The molecule has 0 aromatic heterocycles. The predicted octanol–water partition coefficient (Wildman–Crippen LogP) is 3.82. The van der Waals surface area contributed by atoms with Gasteiger partial charge in [0.05, 0.1) is 0 Å². The van der Waals surface area contributed by atoms with Gasteiger partial charge in [-0.3, -0.25) is 4.90 Å². The first-order chi connectivity index (χ1) is 12.4. The van der Waals surface area contributed by atoms with E-state index in [0.29, 0.717) is 12.5 Å². The fraction of sp³-hybridized carbons (Fsp3) is 0.455. The van der Waals surface area contributed by atoms with Gasteiger partial charge in [-0.15, -0.1) is 0 Å². The van der Waals surface area contributed by atoms with Crippen molar-refractivity contribution >= 4 is 0 Å². The van der Waals surface area contributed by atoms with Crippen LogP contribution >= 0.6 is 0 Å². The van der Waals surface area contributed by atoms with Crippen LogP contribution in [0.25, 0.3) is 0 Å². The largest absolute Gasteiger partial charge is 0.492 e. The van der Waals surface area contributed by atoms with Crippen LogP contribution in [0.1, 0.15) is 31.9 Å². The number of benzene rings is 2. The first-order valence-electron chi connectivity index (χ1n) is 9.33. The molecule has 0 amide bonds. The molecule has 26 heavy (non-hydrogen) atoms. The second-order valence-corrected chi connectivity index (χ2v) is 7.68. The molecule has 3 rings (SSSR count). The number of para-hydroxylation sites is 1. The highest BCUT2D eigenvalue weighted by molar-refractivity contribution is 5.40. The number of rotatable bonds is 6. The van der Waals surface area contributed by atoms with E-state index in [9.17, 15) is 5.11 Å². The molecule has 2 aromatic carbocycles. The first kappa shape index (κ1) is 18.7. The van der Waals surface area contributed by atoms with E-state index < -0.39 is 5.60 Å². The topological polar surface area (TPSA) is 41.9 Å². The number of hydrogen-bond donors (Lipinski definition) is 1. The Morgan fingerprint density at radius 2 is 1.96 bits per heavy atom. The van der Waals surface area contributed by atoms with Crippen molar-refractivity contribution in [3.05, 3.63) is 59.7 Å². The molecule has 1 aliphatic rings. The summed E-state index contributed by atoms with van der Waals surface area (Å²) in [5.41, 5.74) is 0.905. The lowest BCUT2D eigenvalue weighted by molar-refractivity contribution is 0.00748. The summed E-state index contributed by atoms with van der Waals surface area (Å²) in [5, 5.41) is 11.0. The number of aliphatic hydroxyl groups is 1. The SMILES string of the molecule is CC(C)CN1CCOc2ccc([C@](C)(O)COc3ccccc3)cc2C1. The standard InChI is InChI=1S/C22H29NO3/c1-17(2)14-23-11-12-25-21-10-9-19(13-18(21)15-23)22(3,24)16-26-20-7-5-4-6-8-20/h4-10,13,17,24H,11-12,14-16H2,1-3H3/t22-/m1/s1. The van der Waals surface area contributed by atoms with Crippen LogP contribution in [0, 0.1) is 5.92 Å². The molecule has 140 valence electrons. The molecule has 0 spiro atoms. The van der Waals surface area contributed by atoms with Crippen LogP contribution < -0.4 is 9.47 Å². The zero-order valence-electron chi connectivity index (χ0n) is 15.9. The molecule has 0 bridgehead atoms. The lowest BCUT2D eigenvalue weighted by Gasteiger charge is -2.26. The first-order valence-corrected chi connectivity index (χ1v) is 9.33. The molecule has 0 unspecified atom stereocenters. The lowest BCUT2D eigenvalue weighted by Crippen LogP contribution is -2.30. The molecule has 0 aliphatic carbocycles. The minimum Gasteiger partial charge on any atom is -0.492 e. The van der Waals surface area contributed by atoms with Crippen molar-refractivity contribution in [3.63, 3.8) is 0 Å². The van der Waals surface area contributed by atoms with Gasteiger partial charge in [0.15, 0.2) is 0 Å². The van der Waals surface area contributed by atoms with Gasteiger partial charge in [0.1, 0.15) is 30.3 Å². The Balaban J connectivity index is 1.75. The van der Waals surface area contributed by atoms with Gasteiger partial charge in [-0.2, -0.15) is 0 Å². The Morgan fingerprint density at radius 3 is 2.69 bits per heavy atom. The average Bonchev–Trinajstić information content (AvgIpc) is 2.81. The smallest absolute Gasteiger partial charge is 0.123 e. The molecular weight excluding hydrogens is 326 g/mol. The normalized spacial score (nSPS) is 17.1. The third-order valence-electron chi connectivity index (χ3n) is 4.63. The summed E-state index contributed by atoms with van der Waals surface area (Å²) in [5.74, 6) is 2.29. The molecule has 0 saturated carbocycles. The summed E-state index contributed by atoms with van der Waals surface area (Å²) in [7, 11) is 0. The van der Waals surface area contributed by atoms with Crippen LogP contribution in [-0.2, 0) is 12.1 Å². The second kappa shape index (κ2) is 8.11. The fourth-order valence-corrected chi connectivity index (χ4v) is 3.28. The molecular formula is C22H29NO3. The Bertz CT molecular complexity index is 713. The predicted molar refractivity (Wildman–Crippen MR) is 104 cm³/mol. The highest BCUT2D eigenvalue weighted by atomic mass is 16.5. The van der Waals surface area contributed by atoms with Gasteiger partial charge >= 0.3 is 0 Å². The van der Waals surface area contributed by atoms with Gasteiger partial charge in [-0.1, -0.05) is 38.1 Å². The van der Waals surface area contributed by atoms with Gasteiger partial charge in [0.2, 0.25) is 0 Å². The van der Waals surface area contributed by atoms with Gasteiger partial charge in [-0.25, -0.2) is 0 Å². The van der Waals surface area contributed by atoms with E-state index in [-0.39, 0.29) is 6.61 Å². The average molecular weight is 355 g/mol. The van der Waals surface area contributed by atoms with Crippen LogP contribution in [0.15, 0.2) is 48.5 Å². The van der Waals surface area contributed by atoms with Crippen molar-refractivity contribution in [2.75, 3.05) is 26.3 Å². The van der Waals surface area contributed by atoms with Crippen LogP contribution in [0.2, 0.25) is 0 Å². The Morgan fingerprint density at radius 1 is 1.19 bits per heavy atom. The highest BCUT2D eigenvalue weighted by Crippen LogP contribution is 2.30. The van der Waals surface area contributed by atoms with Crippen LogP contribution in [0.3, 0.4) is 0 Å². The zero-order chi connectivity index (χ0) is 18.6. The third-order valence-corrected chi connectivity index (χ3v) is 4.63. The van der Waals surface area contributed by atoms with E-state index in [2.05, 4.69) is 24.8 Å². The monoisotopic (exact) mass is 355 g/mol. The highest BCUT2D eigenvalue weighted by Gasteiger charge is 2.26. The molecule has 0 radical (unpaired) electrons.